The third-order valence-corrected chi connectivity index (χ3v) is 2.77. The molecule has 4 rings (SSSR count). The molecular formula is C20H18Fe2-8. The van der Waals surface area contributed by atoms with Crippen LogP contribution in [0.5, 0.6) is 0 Å². The summed E-state index contributed by atoms with van der Waals surface area (Å²) >= 11 is 0. The van der Waals surface area contributed by atoms with Gasteiger partial charge in [-0.3, -0.25) is 0 Å². The number of hydrogen-bond acceptors (Lipinski definition) is 0. The van der Waals surface area contributed by atoms with Crippen LogP contribution in [0, 0.1) is 0 Å². The zero-order valence-corrected chi connectivity index (χ0v) is 14.3. The van der Waals surface area contributed by atoms with Crippen molar-refractivity contribution >= 4 is 0 Å². The van der Waals surface area contributed by atoms with Gasteiger partial charge in [-0.05, 0) is 0 Å². The smallest absolute Gasteiger partial charge is 0 e. The summed E-state index contributed by atoms with van der Waals surface area (Å²) in [4.78, 5) is 0. The van der Waals surface area contributed by atoms with Gasteiger partial charge in [0.1, 0.15) is 0 Å². The fourth-order valence-corrected chi connectivity index (χ4v) is 1.77. The van der Waals surface area contributed by atoms with E-state index >= 15 is 0 Å². The second-order valence-corrected chi connectivity index (χ2v) is 4.27. The van der Waals surface area contributed by atoms with E-state index in [2.05, 4.69) is 48.5 Å². The molecule has 0 heterocycles. The van der Waals surface area contributed by atoms with Crippen LogP contribution in [0.4, 0.5) is 0 Å². The first-order valence-electron chi connectivity index (χ1n) is 6.74. The maximum absolute atomic E-state index is 2.12. The molecule has 0 fully saturated rings. The Morgan fingerprint density at radius 2 is 0.955 bits per heavy atom. The summed E-state index contributed by atoms with van der Waals surface area (Å²) in [6.45, 7) is 0. The van der Waals surface area contributed by atoms with Gasteiger partial charge >= 0.3 is 0 Å². The average Bonchev–Trinajstić information content (AvgIpc) is 3.35. The molecule has 2 heteroatoms. The van der Waals surface area contributed by atoms with Crippen LogP contribution in [0.3, 0.4) is 0 Å². The topological polar surface area (TPSA) is 0 Å². The van der Waals surface area contributed by atoms with E-state index in [1.54, 1.807) is 0 Å². The van der Waals surface area contributed by atoms with Gasteiger partial charge in [-0.25, -0.2) is 24.3 Å². The van der Waals surface area contributed by atoms with Crippen molar-refractivity contribution in [1.29, 1.82) is 0 Å². The van der Waals surface area contributed by atoms with Crippen LogP contribution in [0.1, 0.15) is 0 Å². The summed E-state index contributed by atoms with van der Waals surface area (Å²) in [5.74, 6) is 0. The van der Waals surface area contributed by atoms with Crippen molar-refractivity contribution in [3.8, 4) is 11.1 Å². The fourth-order valence-electron chi connectivity index (χ4n) is 1.77. The molecule has 0 aliphatic heterocycles. The molecule has 4 aromatic carbocycles. The minimum Gasteiger partial charge on any atom is -0.565 e. The third-order valence-electron chi connectivity index (χ3n) is 2.77. The maximum Gasteiger partial charge on any atom is 0 e. The summed E-state index contributed by atoms with van der Waals surface area (Å²) in [5.41, 5.74) is 2.62. The molecule has 0 saturated heterocycles. The molecule has 0 spiro atoms. The number of rotatable bonds is 1. The SMILES string of the molecule is [Fe].[Fe].c1cc[c-](-[c-]2[cH-][cH-][cH-][cH-]2)c1.c1cc[cH-]c1.c1cc[cH-]c1. The Morgan fingerprint density at radius 3 is 1.27 bits per heavy atom. The van der Waals surface area contributed by atoms with E-state index in [0.717, 1.165) is 0 Å². The van der Waals surface area contributed by atoms with Crippen LogP contribution in [0.15, 0.2) is 109 Å². The zero-order valence-electron chi connectivity index (χ0n) is 12.1. The first-order valence-corrected chi connectivity index (χ1v) is 6.74. The van der Waals surface area contributed by atoms with E-state index in [4.69, 9.17) is 0 Å². The normalized spacial score (nSPS) is 8.18. The van der Waals surface area contributed by atoms with Crippen LogP contribution in [-0.2, 0) is 34.1 Å². The molecular weight excluding hydrogens is 352 g/mol. The Labute approximate surface area is 154 Å². The van der Waals surface area contributed by atoms with E-state index < -0.39 is 0 Å². The van der Waals surface area contributed by atoms with Crippen LogP contribution >= 0.6 is 0 Å². The Bertz CT molecular complexity index is 505. The van der Waals surface area contributed by atoms with Crippen LogP contribution in [0.2, 0.25) is 0 Å². The zero-order chi connectivity index (χ0) is 13.9. The van der Waals surface area contributed by atoms with Crippen molar-refractivity contribution in [3.63, 3.8) is 0 Å². The van der Waals surface area contributed by atoms with E-state index in [1.165, 1.54) is 11.1 Å². The standard InChI is InChI=1S/C10H8.2C5H5.2Fe/c1-2-6-9(5-1)10-7-3-4-8-10;2*1-2-4-5-3-1;;/h1-8H;2*1-5H;;/q-6;2*-1;;. The van der Waals surface area contributed by atoms with Crippen molar-refractivity contribution in [2.45, 2.75) is 0 Å². The molecule has 0 unspecified atom stereocenters. The minimum absolute atomic E-state index is 0. The minimum atomic E-state index is 0. The molecule has 0 amide bonds. The van der Waals surface area contributed by atoms with Crippen LogP contribution in [0.25, 0.3) is 11.1 Å². The van der Waals surface area contributed by atoms with Gasteiger partial charge < -0.3 is 59.7 Å². The Balaban J connectivity index is 0.000000316. The van der Waals surface area contributed by atoms with E-state index in [0.29, 0.717) is 0 Å². The summed E-state index contributed by atoms with van der Waals surface area (Å²) in [6.07, 6.45) is 0. The molecule has 122 valence electrons. The first kappa shape index (κ1) is 20.4. The molecule has 0 atom stereocenters. The largest absolute Gasteiger partial charge is 0.565 e. The molecule has 0 aliphatic carbocycles. The fraction of sp³-hybridized carbons (Fsp3) is 0. The van der Waals surface area contributed by atoms with Gasteiger partial charge in [0, 0.05) is 34.1 Å². The summed E-state index contributed by atoms with van der Waals surface area (Å²) in [7, 11) is 0. The maximum atomic E-state index is 2.12. The Kier molecular flexibility index (Phi) is 12.2. The van der Waals surface area contributed by atoms with Crippen molar-refractivity contribution in [1.82, 2.24) is 0 Å². The number of hydrogen-bond donors (Lipinski definition) is 0. The molecule has 4 aromatic rings. The van der Waals surface area contributed by atoms with E-state index in [9.17, 15) is 0 Å². The second-order valence-electron chi connectivity index (χ2n) is 4.27. The third kappa shape index (κ3) is 8.02. The Morgan fingerprint density at radius 1 is 0.545 bits per heavy atom. The predicted octanol–water partition coefficient (Wildman–Crippen LogP) is 5.60. The van der Waals surface area contributed by atoms with Gasteiger partial charge in [0.15, 0.2) is 0 Å². The van der Waals surface area contributed by atoms with Crippen molar-refractivity contribution in [3.05, 3.63) is 109 Å². The van der Waals surface area contributed by atoms with Gasteiger partial charge in [0.2, 0.25) is 0 Å². The molecule has 22 heavy (non-hydrogen) atoms. The quantitative estimate of drug-likeness (QED) is 0.302. The average molecular weight is 370 g/mol. The van der Waals surface area contributed by atoms with Crippen LogP contribution in [-0.4, -0.2) is 0 Å². The molecule has 0 aromatic heterocycles. The summed E-state index contributed by atoms with van der Waals surface area (Å²) in [6, 6.07) is 36.7. The monoisotopic (exact) mass is 370 g/mol. The molecule has 0 N–H and O–H groups in total. The van der Waals surface area contributed by atoms with Crippen molar-refractivity contribution in [2.75, 3.05) is 0 Å². The van der Waals surface area contributed by atoms with Gasteiger partial charge in [-0.15, -0.1) is 0 Å². The van der Waals surface area contributed by atoms with Crippen LogP contribution < -0.4 is 0 Å². The van der Waals surface area contributed by atoms with E-state index in [-0.39, 0.29) is 34.1 Å². The summed E-state index contributed by atoms with van der Waals surface area (Å²) < 4.78 is 0. The van der Waals surface area contributed by atoms with Gasteiger partial charge in [0.25, 0.3) is 0 Å². The van der Waals surface area contributed by atoms with E-state index in [1.807, 2.05) is 60.7 Å². The molecule has 0 saturated carbocycles. The van der Waals surface area contributed by atoms with Gasteiger partial charge in [0.05, 0.1) is 0 Å². The van der Waals surface area contributed by atoms with Crippen molar-refractivity contribution in [2.24, 2.45) is 0 Å². The predicted molar refractivity (Wildman–Crippen MR) is 87.1 cm³/mol. The van der Waals surface area contributed by atoms with Crippen molar-refractivity contribution < 1.29 is 34.1 Å². The molecule has 0 radical (unpaired) electrons. The summed E-state index contributed by atoms with van der Waals surface area (Å²) in [5, 5.41) is 0. The van der Waals surface area contributed by atoms with Gasteiger partial charge in [-0.1, -0.05) is 0 Å². The van der Waals surface area contributed by atoms with Gasteiger partial charge in [-0.2, -0.15) is 36.4 Å². The molecule has 0 bridgehead atoms. The molecule has 0 aliphatic rings. The Hall–Kier alpha value is -1.56. The molecule has 0 nitrogen and oxygen atoms in total. The second kappa shape index (κ2) is 13.1. The first-order chi connectivity index (χ1) is 9.97.